The van der Waals surface area contributed by atoms with Crippen molar-refractivity contribution in [2.24, 2.45) is 4.99 Å². The van der Waals surface area contributed by atoms with E-state index in [2.05, 4.69) is 151 Å². The van der Waals surface area contributed by atoms with Gasteiger partial charge in [-0.2, -0.15) is 0 Å². The molecule has 0 saturated heterocycles. The van der Waals surface area contributed by atoms with Crippen molar-refractivity contribution in [3.63, 3.8) is 0 Å². The molecule has 5 rings (SSSR count). The molecule has 0 heterocycles. The smallest absolute Gasteiger partial charge is 0.128 e. The van der Waals surface area contributed by atoms with Gasteiger partial charge >= 0.3 is 0 Å². The molecule has 40 heavy (non-hydrogen) atoms. The van der Waals surface area contributed by atoms with Gasteiger partial charge in [0.05, 0.1) is 5.69 Å². The lowest BCUT2D eigenvalue weighted by Gasteiger charge is -2.27. The first-order valence-corrected chi connectivity index (χ1v) is 15.2. The zero-order valence-electron chi connectivity index (χ0n) is 24.3. The van der Waals surface area contributed by atoms with Gasteiger partial charge in [-0.25, -0.2) is 0 Å². The monoisotopic (exact) mass is 543 g/mol. The Morgan fingerprint density at radius 2 is 1.23 bits per heavy atom. The Morgan fingerprint density at radius 1 is 0.650 bits per heavy atom. The minimum absolute atomic E-state index is 0.0597. The summed E-state index contributed by atoms with van der Waals surface area (Å²) in [6.45, 7) is 13.1. The Kier molecular flexibility index (Phi) is 7.67. The van der Waals surface area contributed by atoms with Gasteiger partial charge in [0.15, 0.2) is 0 Å². The summed E-state index contributed by atoms with van der Waals surface area (Å²) in [5.41, 5.74) is 3.57. The van der Waals surface area contributed by atoms with E-state index in [9.17, 15) is 5.11 Å². The maximum atomic E-state index is 11.5. The summed E-state index contributed by atoms with van der Waals surface area (Å²) >= 11 is 0. The molecule has 0 aliphatic rings. The van der Waals surface area contributed by atoms with Crippen molar-refractivity contribution in [1.82, 2.24) is 0 Å². The van der Waals surface area contributed by atoms with E-state index in [0.29, 0.717) is 5.75 Å². The lowest BCUT2D eigenvalue weighted by molar-refractivity contribution is 0.444. The van der Waals surface area contributed by atoms with Crippen molar-refractivity contribution in [3.05, 3.63) is 126 Å². The van der Waals surface area contributed by atoms with Gasteiger partial charge in [0.25, 0.3) is 0 Å². The number of aliphatic imine (C=N–C) groups is 1. The Balaban J connectivity index is 1.76. The number of rotatable bonds is 5. The van der Waals surface area contributed by atoms with E-state index in [1.165, 1.54) is 21.5 Å². The molecule has 202 valence electrons. The van der Waals surface area contributed by atoms with E-state index in [-0.39, 0.29) is 10.8 Å². The van der Waals surface area contributed by atoms with Gasteiger partial charge in [-0.15, -0.1) is 0 Å². The van der Waals surface area contributed by atoms with E-state index < -0.39 is 7.92 Å². The molecule has 0 spiro atoms. The minimum Gasteiger partial charge on any atom is -0.507 e. The molecule has 0 aliphatic heterocycles. The van der Waals surface area contributed by atoms with E-state index in [1.54, 1.807) is 0 Å². The van der Waals surface area contributed by atoms with E-state index >= 15 is 0 Å². The van der Waals surface area contributed by atoms with Gasteiger partial charge in [-0.1, -0.05) is 145 Å². The second kappa shape index (κ2) is 11.0. The number of nitrogens with zero attached hydrogens (tertiary/aromatic N) is 1. The van der Waals surface area contributed by atoms with Crippen LogP contribution in [-0.2, 0) is 10.8 Å². The lowest BCUT2D eigenvalue weighted by Crippen LogP contribution is -2.21. The Hall–Kier alpha value is -3.74. The van der Waals surface area contributed by atoms with Crippen LogP contribution in [-0.4, -0.2) is 11.3 Å². The van der Waals surface area contributed by atoms with Gasteiger partial charge in [0.1, 0.15) is 5.75 Å². The third-order valence-corrected chi connectivity index (χ3v) is 9.77. The van der Waals surface area contributed by atoms with Crippen LogP contribution in [0.5, 0.6) is 5.75 Å². The van der Waals surface area contributed by atoms with Crippen molar-refractivity contribution >= 4 is 46.5 Å². The van der Waals surface area contributed by atoms with Crippen molar-refractivity contribution in [2.75, 3.05) is 0 Å². The summed E-state index contributed by atoms with van der Waals surface area (Å²) in [6, 6.07) is 38.6. The number of phenols is 1. The molecule has 0 fully saturated rings. The zero-order chi connectivity index (χ0) is 28.5. The predicted octanol–water partition coefficient (Wildman–Crippen LogP) is 8.65. The standard InChI is InChI=1S/C37H38NOP/c1-36(2,3)28-23-27(35(39)32(24-28)37(4,5)6)25-38-34-31-20-14-13-15-26(31)21-22-33(34)40(29-16-9-7-10-17-29)30-18-11-8-12-19-30/h7-25,39H,1-6H3. The molecule has 0 saturated carbocycles. The van der Waals surface area contributed by atoms with Crippen LogP contribution in [0.25, 0.3) is 10.8 Å². The van der Waals surface area contributed by atoms with Crippen LogP contribution in [0, 0.1) is 0 Å². The van der Waals surface area contributed by atoms with Crippen LogP contribution in [0.2, 0.25) is 0 Å². The predicted molar refractivity (Wildman–Crippen MR) is 175 cm³/mol. The van der Waals surface area contributed by atoms with Crippen molar-refractivity contribution in [2.45, 2.75) is 52.4 Å². The molecule has 3 heteroatoms. The van der Waals surface area contributed by atoms with Gasteiger partial charge in [-0.05, 0) is 46.4 Å². The summed E-state index contributed by atoms with van der Waals surface area (Å²) in [7, 11) is -0.854. The summed E-state index contributed by atoms with van der Waals surface area (Å²) < 4.78 is 0. The van der Waals surface area contributed by atoms with E-state index in [1.807, 2.05) is 6.21 Å². The largest absolute Gasteiger partial charge is 0.507 e. The Labute approximate surface area is 240 Å². The number of phenolic OH excluding ortho intramolecular Hbond substituents is 1. The summed E-state index contributed by atoms with van der Waals surface area (Å²) in [4.78, 5) is 5.21. The molecule has 5 aromatic carbocycles. The van der Waals surface area contributed by atoms with Crippen LogP contribution in [0.3, 0.4) is 0 Å². The van der Waals surface area contributed by atoms with Crippen LogP contribution in [0.15, 0.2) is 114 Å². The SMILES string of the molecule is CC(C)(C)c1cc(C=Nc2c(P(c3ccccc3)c3ccccc3)ccc3ccccc23)c(O)c(C(C)(C)C)c1. The first-order valence-electron chi connectivity index (χ1n) is 13.9. The fraction of sp³-hybridized carbons (Fsp3) is 0.216. The molecular formula is C37H38NOP. The molecule has 2 nitrogen and oxygen atoms in total. The normalized spacial score (nSPS) is 12.5. The maximum Gasteiger partial charge on any atom is 0.128 e. The first-order chi connectivity index (χ1) is 19.0. The highest BCUT2D eigenvalue weighted by Crippen LogP contribution is 2.41. The maximum absolute atomic E-state index is 11.5. The second-order valence-electron chi connectivity index (χ2n) is 12.4. The minimum atomic E-state index is -0.854. The molecule has 0 bridgehead atoms. The van der Waals surface area contributed by atoms with Crippen LogP contribution in [0.1, 0.15) is 58.2 Å². The fourth-order valence-corrected chi connectivity index (χ4v) is 7.44. The van der Waals surface area contributed by atoms with Gasteiger partial charge in [0.2, 0.25) is 0 Å². The average molecular weight is 544 g/mol. The molecule has 0 radical (unpaired) electrons. The number of fused-ring (bicyclic) bond motifs is 1. The summed E-state index contributed by atoms with van der Waals surface area (Å²) in [5, 5.41) is 17.5. The summed E-state index contributed by atoms with van der Waals surface area (Å²) in [5.74, 6) is 0.305. The summed E-state index contributed by atoms with van der Waals surface area (Å²) in [6.07, 6.45) is 1.87. The fourth-order valence-electron chi connectivity index (χ4n) is 5.04. The highest BCUT2D eigenvalue weighted by molar-refractivity contribution is 7.80. The number of hydrogen-bond donors (Lipinski definition) is 1. The molecular weight excluding hydrogens is 505 g/mol. The van der Waals surface area contributed by atoms with Crippen LogP contribution in [0.4, 0.5) is 5.69 Å². The first kappa shape index (κ1) is 27.8. The van der Waals surface area contributed by atoms with Crippen LogP contribution >= 0.6 is 7.92 Å². The van der Waals surface area contributed by atoms with Gasteiger partial charge in [-0.3, -0.25) is 4.99 Å². The van der Waals surface area contributed by atoms with Gasteiger partial charge in [0, 0.05) is 28.0 Å². The topological polar surface area (TPSA) is 32.6 Å². The molecule has 0 unspecified atom stereocenters. The van der Waals surface area contributed by atoms with E-state index in [0.717, 1.165) is 27.6 Å². The Morgan fingerprint density at radius 3 is 1.80 bits per heavy atom. The van der Waals surface area contributed by atoms with Crippen molar-refractivity contribution in [1.29, 1.82) is 0 Å². The molecule has 0 atom stereocenters. The third kappa shape index (κ3) is 5.74. The average Bonchev–Trinajstić information content (AvgIpc) is 2.93. The number of benzene rings is 5. The zero-order valence-corrected chi connectivity index (χ0v) is 25.2. The molecule has 0 aromatic heterocycles. The molecule has 5 aromatic rings. The molecule has 0 amide bonds. The number of hydrogen-bond acceptors (Lipinski definition) is 2. The number of aromatic hydroxyl groups is 1. The highest BCUT2D eigenvalue weighted by atomic mass is 31.1. The Bertz CT molecular complexity index is 1620. The van der Waals surface area contributed by atoms with Gasteiger partial charge < -0.3 is 5.11 Å². The molecule has 1 N–H and O–H groups in total. The molecule has 0 aliphatic carbocycles. The van der Waals surface area contributed by atoms with E-state index in [4.69, 9.17) is 4.99 Å². The highest BCUT2D eigenvalue weighted by Gasteiger charge is 2.25. The second-order valence-corrected chi connectivity index (χ2v) is 14.6. The quantitative estimate of drug-likeness (QED) is 0.175. The third-order valence-electron chi connectivity index (χ3n) is 7.30. The lowest BCUT2D eigenvalue weighted by atomic mass is 9.79. The van der Waals surface area contributed by atoms with Crippen molar-refractivity contribution < 1.29 is 5.11 Å². The van der Waals surface area contributed by atoms with Crippen molar-refractivity contribution in [3.8, 4) is 5.75 Å². The van der Waals surface area contributed by atoms with Crippen LogP contribution < -0.4 is 15.9 Å².